The van der Waals surface area contributed by atoms with Crippen molar-refractivity contribution in [3.8, 4) is 0 Å². The number of nitrogens with one attached hydrogen (secondary N) is 1. The maximum atomic E-state index is 13.0. The topological polar surface area (TPSA) is 101 Å². The molecule has 3 rings (SSSR count). The minimum Gasteiger partial charge on any atom is -0.414 e. The highest BCUT2D eigenvalue weighted by Gasteiger charge is 2.62. The van der Waals surface area contributed by atoms with Gasteiger partial charge < -0.3 is 22.1 Å². The van der Waals surface area contributed by atoms with Crippen LogP contribution in [0, 0.1) is 0 Å². The monoisotopic (exact) mass is 600 g/mol. The van der Waals surface area contributed by atoms with Gasteiger partial charge >= 0.3 is 22.8 Å². The molecule has 12 heteroatoms. The summed E-state index contributed by atoms with van der Waals surface area (Å²) in [7, 11) is -8.03. The molecule has 2 aliphatic rings. The van der Waals surface area contributed by atoms with Crippen LogP contribution in [0.15, 0.2) is 21.9 Å². The van der Waals surface area contributed by atoms with Gasteiger partial charge in [0.2, 0.25) is 0 Å². The van der Waals surface area contributed by atoms with Crippen LogP contribution in [-0.4, -0.2) is 59.9 Å². The number of fused-ring (bicyclic) bond motifs is 1. The van der Waals surface area contributed by atoms with Crippen molar-refractivity contribution in [1.82, 2.24) is 9.55 Å². The second-order valence-electron chi connectivity index (χ2n) is 14.0. The molecule has 9 nitrogen and oxygen atoms in total. The predicted octanol–water partition coefficient (Wildman–Crippen LogP) is 5.78. The van der Waals surface area contributed by atoms with Gasteiger partial charge in [-0.1, -0.05) is 76.2 Å². The Balaban J connectivity index is 2.22. The van der Waals surface area contributed by atoms with Gasteiger partial charge in [-0.05, 0) is 40.3 Å². The first-order chi connectivity index (χ1) is 17.8. The summed E-state index contributed by atoms with van der Waals surface area (Å²) in [4.78, 5) is 27.3. The van der Waals surface area contributed by atoms with Crippen molar-refractivity contribution in [3.05, 3.63) is 33.1 Å². The highest BCUT2D eigenvalue weighted by Crippen LogP contribution is 2.50. The van der Waals surface area contributed by atoms with Gasteiger partial charge in [-0.25, -0.2) is 4.79 Å². The number of rotatable bonds is 7. The Morgan fingerprint density at radius 2 is 1.51 bits per heavy atom. The second-order valence-corrected chi connectivity index (χ2v) is 27.6. The normalized spacial score (nSPS) is 27.7. The molecule has 0 aliphatic carbocycles. The molecule has 0 saturated carbocycles. The van der Waals surface area contributed by atoms with Gasteiger partial charge in [0.05, 0.1) is 6.61 Å². The van der Waals surface area contributed by atoms with Crippen molar-refractivity contribution in [1.29, 1.82) is 0 Å². The lowest BCUT2D eigenvalue weighted by Gasteiger charge is -2.52. The number of aromatic amines is 1. The largest absolute Gasteiger partial charge is 0.414 e. The number of hydrogen-bond acceptors (Lipinski definition) is 7. The zero-order valence-electron chi connectivity index (χ0n) is 26.3. The summed E-state index contributed by atoms with van der Waals surface area (Å²) in [5.41, 5.74) is -0.279. The van der Waals surface area contributed by atoms with Gasteiger partial charge in [-0.15, -0.1) is 0 Å². The Labute approximate surface area is 237 Å². The van der Waals surface area contributed by atoms with Crippen LogP contribution in [-0.2, 0) is 22.1 Å². The van der Waals surface area contributed by atoms with Crippen molar-refractivity contribution < 1.29 is 22.1 Å². The fourth-order valence-corrected chi connectivity index (χ4v) is 18.1. The van der Waals surface area contributed by atoms with E-state index in [1.165, 1.54) is 16.8 Å². The molecule has 4 atom stereocenters. The summed E-state index contributed by atoms with van der Waals surface area (Å²) in [6.45, 7) is 28.7. The van der Waals surface area contributed by atoms with Crippen LogP contribution < -0.4 is 11.2 Å². The van der Waals surface area contributed by atoms with Crippen LogP contribution >= 0.6 is 0 Å². The standard InChI is InChI=1S/C27H52N2O7Si3/c1-17(2)38(18(3)4)32-16-21-23(35-39(36-38,19(5)6)20(7)8)24(34-37(12,13)27(9,10)11)25(33-21)29-15-14-22(30)28-26(29)31/h14-15,17-21,23-25H,16H2,1-13H3,(H,28,30,31)/t21-,23-,24-,25-/m1/s1. The molecule has 0 radical (unpaired) electrons. The fraction of sp³-hybridized carbons (Fsp3) is 0.852. The Morgan fingerprint density at radius 3 is 1.97 bits per heavy atom. The Bertz CT molecular complexity index is 1090. The molecule has 2 fully saturated rings. The Hall–Kier alpha value is -0.869. The van der Waals surface area contributed by atoms with Gasteiger partial charge in [0.25, 0.3) is 5.56 Å². The lowest BCUT2D eigenvalue weighted by molar-refractivity contribution is -0.0594. The number of aromatic nitrogens is 2. The zero-order valence-corrected chi connectivity index (χ0v) is 29.3. The highest BCUT2D eigenvalue weighted by molar-refractivity contribution is 6.84. The van der Waals surface area contributed by atoms with E-state index in [4.69, 9.17) is 22.1 Å². The van der Waals surface area contributed by atoms with Crippen molar-refractivity contribution in [2.24, 2.45) is 0 Å². The van der Waals surface area contributed by atoms with Gasteiger partial charge in [0.1, 0.15) is 18.3 Å². The molecule has 0 spiro atoms. The lowest BCUT2D eigenvalue weighted by Crippen LogP contribution is -2.66. The van der Waals surface area contributed by atoms with Gasteiger partial charge in [0.15, 0.2) is 14.5 Å². The first-order valence-corrected chi connectivity index (χ1v) is 21.3. The minimum atomic E-state index is -2.94. The molecule has 2 aliphatic heterocycles. The molecule has 39 heavy (non-hydrogen) atoms. The van der Waals surface area contributed by atoms with Crippen LogP contribution in [0.5, 0.6) is 0 Å². The lowest BCUT2D eigenvalue weighted by atomic mass is 10.1. The molecule has 1 N–H and O–H groups in total. The van der Waals surface area contributed by atoms with E-state index in [0.29, 0.717) is 6.61 Å². The molecule has 0 aromatic carbocycles. The van der Waals surface area contributed by atoms with Crippen molar-refractivity contribution in [2.45, 2.75) is 141 Å². The number of hydrogen-bond donors (Lipinski definition) is 1. The van der Waals surface area contributed by atoms with E-state index < -0.39 is 61.2 Å². The van der Waals surface area contributed by atoms with Crippen LogP contribution in [0.4, 0.5) is 0 Å². The quantitative estimate of drug-likeness (QED) is 0.396. The fourth-order valence-electron chi connectivity index (χ4n) is 5.62. The molecule has 2 saturated heterocycles. The molecular formula is C27H52N2O7Si3. The van der Waals surface area contributed by atoms with Gasteiger partial charge in [-0.3, -0.25) is 14.3 Å². The van der Waals surface area contributed by atoms with Gasteiger partial charge in [-0.2, -0.15) is 0 Å². The third-order valence-corrected chi connectivity index (χ3v) is 23.7. The van der Waals surface area contributed by atoms with E-state index >= 15 is 0 Å². The molecule has 1 aromatic heterocycles. The maximum absolute atomic E-state index is 13.0. The Kier molecular flexibility index (Phi) is 9.56. The second kappa shape index (κ2) is 11.4. The first kappa shape index (κ1) is 32.6. The van der Waals surface area contributed by atoms with Gasteiger partial charge in [0, 0.05) is 12.3 Å². The molecule has 0 amide bonds. The molecule has 0 unspecified atom stereocenters. The zero-order chi connectivity index (χ0) is 29.7. The summed E-state index contributed by atoms with van der Waals surface area (Å²) in [6, 6.07) is 1.34. The summed E-state index contributed by atoms with van der Waals surface area (Å²) in [6.07, 6.45) is -0.822. The van der Waals surface area contributed by atoms with Crippen molar-refractivity contribution in [2.75, 3.05) is 6.61 Å². The van der Waals surface area contributed by atoms with Crippen LogP contribution in [0.1, 0.15) is 82.4 Å². The third kappa shape index (κ3) is 6.04. The SMILES string of the molecule is CC(C)[Si]1(C(C)C)OC[C@H]2O[C@@H](n3ccc(=O)[nH]c3=O)[C@H](O[Si](C)(C)C(C)(C)C)[C@@H]2O[Si](C(C)C)(C(C)C)O1. The predicted molar refractivity (Wildman–Crippen MR) is 161 cm³/mol. The summed E-state index contributed by atoms with van der Waals surface area (Å²) >= 11 is 0. The van der Waals surface area contributed by atoms with Crippen molar-refractivity contribution >= 4 is 25.4 Å². The smallest absolute Gasteiger partial charge is 0.335 e. The summed E-state index contributed by atoms with van der Waals surface area (Å²) in [5.74, 6) is 0. The number of H-pyrrole nitrogens is 1. The summed E-state index contributed by atoms with van der Waals surface area (Å²) in [5, 5.41) is -0.0812. The van der Waals surface area contributed by atoms with Crippen molar-refractivity contribution in [3.63, 3.8) is 0 Å². The molecule has 0 bridgehead atoms. The third-order valence-electron chi connectivity index (χ3n) is 8.98. The van der Waals surface area contributed by atoms with E-state index in [1.54, 1.807) is 0 Å². The van der Waals surface area contributed by atoms with E-state index in [2.05, 4.69) is 94.2 Å². The average molecular weight is 601 g/mol. The molecule has 3 heterocycles. The number of ether oxygens (including phenoxy) is 1. The summed E-state index contributed by atoms with van der Waals surface area (Å²) < 4.78 is 36.7. The minimum absolute atomic E-state index is 0.0812. The van der Waals surface area contributed by atoms with Crippen LogP contribution in [0.2, 0.25) is 40.3 Å². The van der Waals surface area contributed by atoms with Crippen LogP contribution in [0.3, 0.4) is 0 Å². The number of nitrogens with zero attached hydrogens (tertiary/aromatic N) is 1. The van der Waals surface area contributed by atoms with E-state index in [0.717, 1.165) is 0 Å². The average Bonchev–Trinajstić information content (AvgIpc) is 3.07. The molecular weight excluding hydrogens is 549 g/mol. The Morgan fingerprint density at radius 1 is 0.974 bits per heavy atom. The maximum Gasteiger partial charge on any atom is 0.335 e. The highest BCUT2D eigenvalue weighted by atomic mass is 28.5. The van der Waals surface area contributed by atoms with E-state index in [1.807, 2.05) is 0 Å². The van der Waals surface area contributed by atoms with Crippen LogP contribution in [0.25, 0.3) is 0 Å². The first-order valence-electron chi connectivity index (χ1n) is 14.5. The van der Waals surface area contributed by atoms with E-state index in [-0.39, 0.29) is 27.2 Å². The molecule has 1 aromatic rings. The molecule has 224 valence electrons. The van der Waals surface area contributed by atoms with E-state index in [9.17, 15) is 9.59 Å².